The molecule has 0 amide bonds. The van der Waals surface area contributed by atoms with Crippen LogP contribution < -0.4 is 0 Å². The molecule has 10 heavy (non-hydrogen) atoms. The molecule has 1 nitrogen and oxygen atoms in total. The Kier molecular flexibility index (Phi) is 2.81. The number of thiol groups is 1. The normalized spacial score (nSPS) is 43.5. The summed E-state index contributed by atoms with van der Waals surface area (Å²) in [6.07, 6.45) is 0.470. The minimum Gasteiger partial charge on any atom is -0.385 e. The van der Waals surface area contributed by atoms with Crippen molar-refractivity contribution < 1.29 is 4.74 Å². The maximum Gasteiger partial charge on any atom is 0.108 e. The van der Waals surface area contributed by atoms with Crippen LogP contribution in [-0.2, 0) is 4.74 Å². The van der Waals surface area contributed by atoms with Crippen molar-refractivity contribution in [2.24, 2.45) is 0 Å². The second-order valence-electron chi connectivity index (χ2n) is 2.53. The molecule has 48 valence electrons. The Balaban J connectivity index is 2.46. The lowest BCUT2D eigenvalue weighted by atomic mass is 9.74. The molecule has 0 aliphatic carbocycles. The number of hydrogen-bond acceptors (Lipinski definition) is 2. The Morgan fingerprint density at radius 3 is 2.30 bits per heavy atom. The van der Waals surface area contributed by atoms with Crippen molar-refractivity contribution in [2.75, 3.05) is 0 Å². The first-order valence-corrected chi connectivity index (χ1v) is 3.73. The molecule has 1 saturated heterocycles. The van der Waals surface area contributed by atoms with E-state index in [0.717, 1.165) is 0 Å². The van der Waals surface area contributed by atoms with Crippen molar-refractivity contribution in [1.29, 1.82) is 0 Å². The summed E-state index contributed by atoms with van der Waals surface area (Å²) in [5.41, 5.74) is 0. The van der Waals surface area contributed by atoms with Crippen molar-refractivity contribution in [1.82, 2.24) is 0 Å². The van der Waals surface area contributed by atoms with Gasteiger partial charge in [0.25, 0.3) is 0 Å². The van der Waals surface area contributed by atoms with Crippen molar-refractivity contribution in [3.63, 3.8) is 0 Å². The van der Waals surface area contributed by atoms with Gasteiger partial charge in [0.15, 0.2) is 0 Å². The van der Waals surface area contributed by atoms with E-state index in [2.05, 4.69) is 12.6 Å². The molecule has 1 rings (SSSR count). The highest BCUT2D eigenvalue weighted by molar-refractivity contribution is 7.82. The third-order valence-electron chi connectivity index (χ3n) is 1.59. The van der Waals surface area contributed by atoms with Crippen molar-refractivity contribution in [3.8, 4) is 0 Å². The average Bonchev–Trinajstić information content (AvgIpc) is 2.10. The lowest BCUT2D eigenvalue weighted by molar-refractivity contribution is 0.0988. The van der Waals surface area contributed by atoms with E-state index in [1.807, 2.05) is 0 Å². The zero-order valence-electron chi connectivity index (χ0n) is 5.60. The first-order valence-electron chi connectivity index (χ1n) is 3.21. The summed E-state index contributed by atoms with van der Waals surface area (Å²) in [5, 5.41) is -0.330. The van der Waals surface area contributed by atoms with Crippen LogP contribution in [-0.4, -0.2) is 40.8 Å². The molecular weight excluding hydrogens is 141 g/mol. The van der Waals surface area contributed by atoms with Crippen molar-refractivity contribution in [3.05, 3.63) is 0 Å². The first kappa shape index (κ1) is 8.60. The Hall–Kier alpha value is 0.505. The number of hydrogen-bond donors (Lipinski definition) is 1. The summed E-state index contributed by atoms with van der Waals surface area (Å²) in [6, 6.07) is -0.266. The monoisotopic (exact) mass is 148 g/mol. The van der Waals surface area contributed by atoms with Crippen LogP contribution in [0.2, 0.25) is 5.82 Å². The SMILES string of the molecule is [B]C(S)[C@H]1O[C@@H]([B])C[C@@H]1[B]. The van der Waals surface area contributed by atoms with Gasteiger partial charge < -0.3 is 4.74 Å². The quantitative estimate of drug-likeness (QED) is 0.394. The van der Waals surface area contributed by atoms with E-state index in [1.54, 1.807) is 0 Å². The van der Waals surface area contributed by atoms with Gasteiger partial charge in [-0.1, -0.05) is 0 Å². The number of rotatable bonds is 1. The highest BCUT2D eigenvalue weighted by Crippen LogP contribution is 2.30. The van der Waals surface area contributed by atoms with Crippen LogP contribution in [0.1, 0.15) is 6.42 Å². The third kappa shape index (κ3) is 1.76. The minimum atomic E-state index is -0.330. The summed E-state index contributed by atoms with van der Waals surface area (Å²) >= 11 is 4.01. The summed E-state index contributed by atoms with van der Waals surface area (Å²) in [6.45, 7) is 0. The van der Waals surface area contributed by atoms with Crippen LogP contribution >= 0.6 is 12.6 Å². The van der Waals surface area contributed by atoms with Gasteiger partial charge in [-0.2, -0.15) is 12.6 Å². The molecule has 1 aliphatic rings. The van der Waals surface area contributed by atoms with E-state index in [-0.39, 0.29) is 23.1 Å². The molecule has 0 aromatic carbocycles. The molecule has 4 atom stereocenters. The molecule has 1 fully saturated rings. The minimum absolute atomic E-state index is 0.0671. The van der Waals surface area contributed by atoms with Crippen LogP contribution in [0.3, 0.4) is 0 Å². The van der Waals surface area contributed by atoms with Gasteiger partial charge in [-0.05, 0) is 17.4 Å². The van der Waals surface area contributed by atoms with Gasteiger partial charge >= 0.3 is 0 Å². The molecule has 0 N–H and O–H groups in total. The molecule has 1 heterocycles. The van der Waals surface area contributed by atoms with Gasteiger partial charge in [-0.15, -0.1) is 0 Å². The van der Waals surface area contributed by atoms with Gasteiger partial charge in [-0.25, -0.2) is 0 Å². The largest absolute Gasteiger partial charge is 0.385 e. The fraction of sp³-hybridized carbons (Fsp3) is 1.00. The molecule has 0 saturated carbocycles. The smallest absolute Gasteiger partial charge is 0.108 e. The molecule has 0 aromatic rings. The molecule has 0 bridgehead atoms. The van der Waals surface area contributed by atoms with Gasteiger partial charge in [0.05, 0.1) is 21.8 Å². The van der Waals surface area contributed by atoms with Crippen LogP contribution in [0.4, 0.5) is 0 Å². The number of ether oxygens (including phenoxy) is 1. The van der Waals surface area contributed by atoms with E-state index in [0.29, 0.717) is 6.42 Å². The Morgan fingerprint density at radius 2 is 2.10 bits per heavy atom. The van der Waals surface area contributed by atoms with E-state index < -0.39 is 0 Å². The maximum atomic E-state index is 5.64. The van der Waals surface area contributed by atoms with Crippen LogP contribution in [0, 0.1) is 0 Å². The average molecular weight is 148 g/mol. The molecule has 6 radical (unpaired) electrons. The van der Waals surface area contributed by atoms with Crippen LogP contribution in [0.25, 0.3) is 0 Å². The Morgan fingerprint density at radius 1 is 1.50 bits per heavy atom. The van der Waals surface area contributed by atoms with Gasteiger partial charge in [0.2, 0.25) is 0 Å². The highest BCUT2D eigenvalue weighted by atomic mass is 32.1. The second-order valence-corrected chi connectivity index (χ2v) is 3.13. The summed E-state index contributed by atoms with van der Waals surface area (Å²) in [7, 11) is 16.6. The highest BCUT2D eigenvalue weighted by Gasteiger charge is 2.30. The van der Waals surface area contributed by atoms with Crippen LogP contribution in [0.5, 0.6) is 0 Å². The fourth-order valence-corrected chi connectivity index (χ4v) is 1.39. The van der Waals surface area contributed by atoms with Crippen molar-refractivity contribution in [2.45, 2.75) is 29.5 Å². The van der Waals surface area contributed by atoms with Gasteiger partial charge in [0, 0.05) is 6.00 Å². The Bertz CT molecular complexity index is 121. The third-order valence-corrected chi connectivity index (χ3v) is 1.89. The molecule has 5 heteroatoms. The second kappa shape index (κ2) is 3.27. The first-order chi connectivity index (χ1) is 4.61. The zero-order chi connectivity index (χ0) is 7.72. The fourth-order valence-electron chi connectivity index (χ4n) is 1.09. The topological polar surface area (TPSA) is 9.23 Å². The Labute approximate surface area is 70.9 Å². The van der Waals surface area contributed by atoms with E-state index in [9.17, 15) is 0 Å². The zero-order valence-corrected chi connectivity index (χ0v) is 6.50. The molecular formula is C5H7B3OS. The molecule has 0 spiro atoms. The standard InChI is InChI=1S/C5H7B3OS/c6-2-1-3(7)9-4(2)5(8)10/h2-5,10H,1H2/t2-,3+,4-,5?/m0/s1. The lowest BCUT2D eigenvalue weighted by Crippen LogP contribution is -2.25. The van der Waals surface area contributed by atoms with E-state index in [4.69, 9.17) is 28.3 Å². The predicted molar refractivity (Wildman–Crippen MR) is 47.1 cm³/mol. The van der Waals surface area contributed by atoms with Gasteiger partial charge in [0.1, 0.15) is 7.85 Å². The van der Waals surface area contributed by atoms with Crippen LogP contribution in [0.15, 0.2) is 0 Å². The molecule has 0 aromatic heterocycles. The summed E-state index contributed by atoms with van der Waals surface area (Å²) < 4.78 is 5.19. The lowest BCUT2D eigenvalue weighted by Gasteiger charge is -2.18. The maximum absolute atomic E-state index is 5.64. The summed E-state index contributed by atoms with van der Waals surface area (Å²) in [4.78, 5) is 0. The van der Waals surface area contributed by atoms with E-state index >= 15 is 0 Å². The molecule has 1 aliphatic heterocycles. The van der Waals surface area contributed by atoms with E-state index in [1.165, 1.54) is 0 Å². The van der Waals surface area contributed by atoms with Gasteiger partial charge in [-0.3, -0.25) is 0 Å². The predicted octanol–water partition coefficient (Wildman–Crippen LogP) is -0.349. The molecule has 1 unspecified atom stereocenters. The summed E-state index contributed by atoms with van der Waals surface area (Å²) in [5.74, 6) is -0.0671. The van der Waals surface area contributed by atoms with Crippen molar-refractivity contribution >= 4 is 36.2 Å².